The van der Waals surface area contributed by atoms with Gasteiger partial charge in [0.25, 0.3) is 0 Å². The first-order valence-electron chi connectivity index (χ1n) is 6.00. The molecule has 1 rings (SSSR count). The highest BCUT2D eigenvalue weighted by atomic mass is 32.2. The average Bonchev–Trinajstić information content (AvgIpc) is 2.31. The van der Waals surface area contributed by atoms with E-state index in [-0.39, 0.29) is 0 Å². The number of hydrogen-bond acceptors (Lipinski definition) is 1. The van der Waals surface area contributed by atoms with Crippen molar-refractivity contribution in [3.05, 3.63) is 35.9 Å². The van der Waals surface area contributed by atoms with Crippen LogP contribution in [0.5, 0.6) is 0 Å². The van der Waals surface area contributed by atoms with Gasteiger partial charge in [0.1, 0.15) is 11.5 Å². The molecule has 0 aromatic heterocycles. The van der Waals surface area contributed by atoms with Crippen LogP contribution in [-0.4, -0.2) is 23.0 Å². The topological polar surface area (TPSA) is 17.1 Å². The number of benzene rings is 1. The second kappa shape index (κ2) is 7.50. The summed E-state index contributed by atoms with van der Waals surface area (Å²) in [6.07, 6.45) is 2.37. The predicted octanol–water partition coefficient (Wildman–Crippen LogP) is 3.31. The Bertz CT molecular complexity index is 302. The molecule has 0 bridgehead atoms. The van der Waals surface area contributed by atoms with Gasteiger partial charge < -0.3 is 0 Å². The van der Waals surface area contributed by atoms with Crippen LogP contribution in [0, 0.1) is 0 Å². The van der Waals surface area contributed by atoms with Crippen LogP contribution in [0.1, 0.15) is 37.0 Å². The van der Waals surface area contributed by atoms with E-state index >= 15 is 0 Å². The van der Waals surface area contributed by atoms with E-state index in [0.29, 0.717) is 16.7 Å². The molecule has 0 atom stereocenters. The minimum absolute atomic E-state index is 0.295. The predicted molar refractivity (Wildman–Crippen MR) is 73.3 cm³/mol. The van der Waals surface area contributed by atoms with Crippen LogP contribution in [0.15, 0.2) is 30.3 Å². The van der Waals surface area contributed by atoms with Gasteiger partial charge in [0.2, 0.25) is 5.78 Å². The van der Waals surface area contributed by atoms with Gasteiger partial charge in [-0.3, -0.25) is 4.79 Å². The zero-order valence-electron chi connectivity index (χ0n) is 10.2. The van der Waals surface area contributed by atoms with Crippen molar-refractivity contribution in [3.8, 4) is 0 Å². The van der Waals surface area contributed by atoms with Crippen molar-refractivity contribution in [2.24, 2.45) is 0 Å². The van der Waals surface area contributed by atoms with Gasteiger partial charge in [0.05, 0.1) is 0 Å². The van der Waals surface area contributed by atoms with Crippen LogP contribution >= 0.6 is 0 Å². The molecule has 0 fully saturated rings. The molecule has 2 heteroatoms. The van der Waals surface area contributed by atoms with Gasteiger partial charge in [0, 0.05) is 5.56 Å². The highest BCUT2D eigenvalue weighted by Gasteiger charge is 2.21. The third-order valence-corrected chi connectivity index (χ3v) is 5.06. The Labute approximate surface area is 102 Å². The molecule has 0 saturated carbocycles. The van der Waals surface area contributed by atoms with Crippen LogP contribution in [0.25, 0.3) is 0 Å². The fourth-order valence-corrected chi connectivity index (χ4v) is 3.90. The third-order valence-electron chi connectivity index (χ3n) is 2.42. The zero-order chi connectivity index (χ0) is 11.8. The first-order valence-corrected chi connectivity index (χ1v) is 7.73. The molecule has 0 saturated heterocycles. The smallest absolute Gasteiger partial charge is 0.211 e. The lowest BCUT2D eigenvalue weighted by molar-refractivity contribution is 0.102. The molecule has 16 heavy (non-hydrogen) atoms. The van der Waals surface area contributed by atoms with E-state index in [1.807, 2.05) is 30.3 Å². The first kappa shape index (κ1) is 13.3. The molecule has 0 aliphatic carbocycles. The summed E-state index contributed by atoms with van der Waals surface area (Å²) < 4.78 is 0. The standard InChI is InChI=1S/C14H21OS/c1-3-10-16(11-4-2)12-14(15)13-8-6-5-7-9-13/h5-9H,3-4,10-12H2,1-2H3/q+1. The van der Waals surface area contributed by atoms with Crippen molar-refractivity contribution >= 4 is 16.7 Å². The van der Waals surface area contributed by atoms with E-state index in [1.54, 1.807) is 0 Å². The van der Waals surface area contributed by atoms with Crippen LogP contribution in [0.3, 0.4) is 0 Å². The normalized spacial score (nSPS) is 10.7. The molecule has 1 aromatic rings. The molecule has 0 spiro atoms. The van der Waals surface area contributed by atoms with E-state index in [9.17, 15) is 4.79 Å². The lowest BCUT2D eigenvalue weighted by atomic mass is 10.2. The summed E-state index contributed by atoms with van der Waals surface area (Å²) in [5.74, 6) is 3.45. The lowest BCUT2D eigenvalue weighted by Crippen LogP contribution is -2.22. The maximum Gasteiger partial charge on any atom is 0.211 e. The van der Waals surface area contributed by atoms with E-state index in [1.165, 1.54) is 24.3 Å². The largest absolute Gasteiger partial charge is 0.289 e. The molecular weight excluding hydrogens is 216 g/mol. The van der Waals surface area contributed by atoms with Crippen LogP contribution in [0.2, 0.25) is 0 Å². The zero-order valence-corrected chi connectivity index (χ0v) is 11.1. The minimum atomic E-state index is 0.295. The molecule has 0 radical (unpaired) electrons. The highest BCUT2D eigenvalue weighted by molar-refractivity contribution is 7.97. The Morgan fingerprint density at radius 2 is 1.62 bits per heavy atom. The van der Waals surface area contributed by atoms with E-state index in [4.69, 9.17) is 0 Å². The van der Waals surface area contributed by atoms with Gasteiger partial charge in [-0.1, -0.05) is 44.2 Å². The monoisotopic (exact) mass is 237 g/mol. The van der Waals surface area contributed by atoms with Crippen molar-refractivity contribution in [1.82, 2.24) is 0 Å². The van der Waals surface area contributed by atoms with Gasteiger partial charge in [0.15, 0.2) is 5.75 Å². The number of hydrogen-bond donors (Lipinski definition) is 0. The fraction of sp³-hybridized carbons (Fsp3) is 0.500. The molecule has 0 N–H and O–H groups in total. The molecule has 0 unspecified atom stereocenters. The first-order chi connectivity index (χ1) is 7.77. The van der Waals surface area contributed by atoms with Crippen molar-refractivity contribution in [2.75, 3.05) is 17.3 Å². The number of ketones is 1. The van der Waals surface area contributed by atoms with Crippen LogP contribution in [-0.2, 0) is 10.9 Å². The summed E-state index contributed by atoms with van der Waals surface area (Å²) in [5, 5.41) is 0. The van der Waals surface area contributed by atoms with Gasteiger partial charge in [-0.25, -0.2) is 0 Å². The summed E-state index contributed by atoms with van der Waals surface area (Å²) in [5.41, 5.74) is 0.868. The van der Waals surface area contributed by atoms with E-state index < -0.39 is 0 Å². The Balaban J connectivity index is 2.54. The lowest BCUT2D eigenvalue weighted by Gasteiger charge is -2.06. The summed E-state index contributed by atoms with van der Waals surface area (Å²) >= 11 is 0. The van der Waals surface area contributed by atoms with Crippen LogP contribution in [0.4, 0.5) is 0 Å². The molecule has 0 aliphatic rings. The molecule has 1 nitrogen and oxygen atoms in total. The number of rotatable bonds is 7. The Morgan fingerprint density at radius 1 is 1.06 bits per heavy atom. The number of carbonyl (C=O) groups is 1. The van der Waals surface area contributed by atoms with Gasteiger partial charge in [-0.05, 0) is 23.7 Å². The maximum absolute atomic E-state index is 12.0. The molecular formula is C14H21OS+. The number of Topliss-reactive ketones (excluding diaryl/α,β-unsaturated/α-hetero) is 1. The van der Waals surface area contributed by atoms with E-state index in [2.05, 4.69) is 13.8 Å². The molecule has 0 amide bonds. The van der Waals surface area contributed by atoms with Crippen molar-refractivity contribution in [1.29, 1.82) is 0 Å². The second-order valence-electron chi connectivity index (χ2n) is 3.95. The summed E-state index contributed by atoms with van der Waals surface area (Å²) in [7, 11) is 0.295. The van der Waals surface area contributed by atoms with Crippen molar-refractivity contribution < 1.29 is 4.79 Å². The average molecular weight is 237 g/mol. The van der Waals surface area contributed by atoms with Gasteiger partial charge in [-0.15, -0.1) is 0 Å². The van der Waals surface area contributed by atoms with Crippen LogP contribution < -0.4 is 0 Å². The second-order valence-corrected chi connectivity index (χ2v) is 6.28. The number of carbonyl (C=O) groups excluding carboxylic acids is 1. The fourth-order valence-electron chi connectivity index (χ4n) is 1.72. The Kier molecular flexibility index (Phi) is 6.24. The summed E-state index contributed by atoms with van der Waals surface area (Å²) in [6.45, 7) is 4.39. The SMILES string of the molecule is CCC[S+](CCC)CC(=O)c1ccccc1. The van der Waals surface area contributed by atoms with E-state index in [0.717, 1.165) is 11.3 Å². The molecule has 0 aliphatic heterocycles. The highest BCUT2D eigenvalue weighted by Crippen LogP contribution is 2.07. The third kappa shape index (κ3) is 4.40. The van der Waals surface area contributed by atoms with Crippen molar-refractivity contribution in [3.63, 3.8) is 0 Å². The summed E-state index contributed by atoms with van der Waals surface area (Å²) in [6, 6.07) is 9.66. The molecule has 0 heterocycles. The molecule has 88 valence electrons. The van der Waals surface area contributed by atoms with Gasteiger partial charge in [-0.2, -0.15) is 0 Å². The quantitative estimate of drug-likeness (QED) is 0.525. The Hall–Kier alpha value is -0.760. The molecule has 1 aromatic carbocycles. The maximum atomic E-state index is 12.0. The summed E-state index contributed by atoms with van der Waals surface area (Å²) in [4.78, 5) is 12.0. The Morgan fingerprint density at radius 3 is 2.12 bits per heavy atom. The van der Waals surface area contributed by atoms with Crippen molar-refractivity contribution in [2.45, 2.75) is 26.7 Å². The van der Waals surface area contributed by atoms with Gasteiger partial charge >= 0.3 is 0 Å². The minimum Gasteiger partial charge on any atom is -0.289 e.